The fraction of sp³-hybridized carbons (Fsp3) is 0.176. The van der Waals surface area contributed by atoms with Crippen molar-refractivity contribution >= 4 is 12.2 Å². The predicted molar refractivity (Wildman–Crippen MR) is 90.4 cm³/mol. The molecular formula is C17H15F2N3OS. The van der Waals surface area contributed by atoms with Gasteiger partial charge in [-0.15, -0.1) is 0 Å². The van der Waals surface area contributed by atoms with E-state index in [-0.39, 0.29) is 5.69 Å². The summed E-state index contributed by atoms with van der Waals surface area (Å²) in [5.41, 5.74) is 2.60. The molecule has 0 aliphatic heterocycles. The molecule has 2 heterocycles. The van der Waals surface area contributed by atoms with E-state index >= 15 is 0 Å². The summed E-state index contributed by atoms with van der Waals surface area (Å²) in [6, 6.07) is 10.3. The van der Waals surface area contributed by atoms with Gasteiger partial charge in [0.2, 0.25) is 0 Å². The number of rotatable bonds is 4. The van der Waals surface area contributed by atoms with E-state index in [0.717, 1.165) is 16.9 Å². The molecule has 0 fully saturated rings. The van der Waals surface area contributed by atoms with E-state index in [2.05, 4.69) is 10.1 Å². The standard InChI is InChI=1S/C17H15F2N3OS/c1-10-7-11(3-5-15(10)23-2)14-8-13(17(18)19)21-22(14)12-4-6-16(24)20-9-12/h3-9,17H,1-2H3,(H,20,24). The third-order valence-corrected chi connectivity index (χ3v) is 3.91. The van der Waals surface area contributed by atoms with Crippen LogP contribution in [0.3, 0.4) is 0 Å². The Bertz CT molecular complexity index is 913. The minimum Gasteiger partial charge on any atom is -0.496 e. The van der Waals surface area contributed by atoms with Crippen LogP contribution in [0.2, 0.25) is 0 Å². The zero-order valence-corrected chi connectivity index (χ0v) is 13.9. The Kier molecular flexibility index (Phi) is 4.44. The average molecular weight is 347 g/mol. The van der Waals surface area contributed by atoms with Gasteiger partial charge in [0.25, 0.3) is 6.43 Å². The highest BCUT2D eigenvalue weighted by Gasteiger charge is 2.18. The van der Waals surface area contributed by atoms with Gasteiger partial charge in [0.05, 0.1) is 18.5 Å². The largest absolute Gasteiger partial charge is 0.496 e. The summed E-state index contributed by atoms with van der Waals surface area (Å²) in [5, 5.41) is 4.04. The van der Waals surface area contributed by atoms with Crippen molar-refractivity contribution in [1.82, 2.24) is 14.8 Å². The van der Waals surface area contributed by atoms with Crippen molar-refractivity contribution in [1.29, 1.82) is 0 Å². The molecule has 0 amide bonds. The molecule has 7 heteroatoms. The first-order valence-corrected chi connectivity index (χ1v) is 7.62. The topological polar surface area (TPSA) is 42.8 Å². The van der Waals surface area contributed by atoms with Crippen LogP contribution in [0.4, 0.5) is 8.78 Å². The predicted octanol–water partition coefficient (Wildman–Crippen LogP) is 4.85. The second kappa shape index (κ2) is 6.52. The lowest BCUT2D eigenvalue weighted by Crippen LogP contribution is -2.01. The van der Waals surface area contributed by atoms with Crippen molar-refractivity contribution in [2.75, 3.05) is 7.11 Å². The molecule has 0 aliphatic carbocycles. The van der Waals surface area contributed by atoms with Crippen molar-refractivity contribution < 1.29 is 13.5 Å². The van der Waals surface area contributed by atoms with Gasteiger partial charge in [0.1, 0.15) is 16.1 Å². The minimum absolute atomic E-state index is 0.277. The van der Waals surface area contributed by atoms with Gasteiger partial charge in [-0.05, 0) is 48.9 Å². The molecule has 3 rings (SSSR count). The maximum atomic E-state index is 13.1. The van der Waals surface area contributed by atoms with Gasteiger partial charge in [-0.25, -0.2) is 13.5 Å². The van der Waals surface area contributed by atoms with E-state index in [1.165, 1.54) is 10.7 Å². The molecule has 2 aromatic heterocycles. The number of hydrogen-bond acceptors (Lipinski definition) is 3. The Morgan fingerprint density at radius 3 is 2.58 bits per heavy atom. The lowest BCUT2D eigenvalue weighted by molar-refractivity contribution is 0.145. The number of halogens is 2. The molecule has 0 unspecified atom stereocenters. The fourth-order valence-electron chi connectivity index (χ4n) is 2.48. The Hall–Kier alpha value is -2.54. The van der Waals surface area contributed by atoms with Gasteiger partial charge in [-0.2, -0.15) is 5.10 Å². The van der Waals surface area contributed by atoms with Crippen molar-refractivity contribution in [3.05, 3.63) is 58.5 Å². The quantitative estimate of drug-likeness (QED) is 0.686. The zero-order chi connectivity index (χ0) is 17.3. The molecule has 4 nitrogen and oxygen atoms in total. The number of nitrogens with zero attached hydrogens (tertiary/aromatic N) is 2. The number of aromatic amines is 1. The number of benzene rings is 1. The Morgan fingerprint density at radius 1 is 1.21 bits per heavy atom. The monoisotopic (exact) mass is 347 g/mol. The Morgan fingerprint density at radius 2 is 2.00 bits per heavy atom. The molecule has 0 bridgehead atoms. The van der Waals surface area contributed by atoms with E-state index in [1.807, 2.05) is 25.1 Å². The molecule has 0 radical (unpaired) electrons. The lowest BCUT2D eigenvalue weighted by atomic mass is 10.1. The van der Waals surface area contributed by atoms with Gasteiger partial charge >= 0.3 is 0 Å². The number of nitrogens with one attached hydrogen (secondary N) is 1. The molecule has 1 aromatic carbocycles. The zero-order valence-electron chi connectivity index (χ0n) is 13.1. The van der Waals surface area contributed by atoms with E-state index in [4.69, 9.17) is 17.0 Å². The fourth-order valence-corrected chi connectivity index (χ4v) is 2.61. The molecule has 0 atom stereocenters. The number of alkyl halides is 2. The van der Waals surface area contributed by atoms with E-state index in [0.29, 0.717) is 16.0 Å². The molecule has 0 saturated heterocycles. The number of pyridine rings is 1. The van der Waals surface area contributed by atoms with Gasteiger partial charge in [-0.3, -0.25) is 0 Å². The van der Waals surface area contributed by atoms with Crippen molar-refractivity contribution in [2.24, 2.45) is 0 Å². The van der Waals surface area contributed by atoms with Crippen LogP contribution < -0.4 is 4.74 Å². The number of methoxy groups -OCH3 is 1. The minimum atomic E-state index is -2.65. The van der Waals surface area contributed by atoms with E-state index in [9.17, 15) is 8.78 Å². The molecular weight excluding hydrogens is 332 g/mol. The third-order valence-electron chi connectivity index (χ3n) is 3.65. The Balaban J connectivity index is 2.17. The maximum Gasteiger partial charge on any atom is 0.282 e. The molecule has 24 heavy (non-hydrogen) atoms. The van der Waals surface area contributed by atoms with Crippen LogP contribution in [0.25, 0.3) is 16.9 Å². The molecule has 0 aliphatic rings. The number of aryl methyl sites for hydroxylation is 1. The maximum absolute atomic E-state index is 13.1. The number of hydrogen-bond donors (Lipinski definition) is 1. The molecule has 0 spiro atoms. The molecule has 1 N–H and O–H groups in total. The summed E-state index contributed by atoms with van der Waals surface area (Å²) in [6.07, 6.45) is -1.00. The van der Waals surface area contributed by atoms with Gasteiger partial charge in [0.15, 0.2) is 0 Å². The summed E-state index contributed by atoms with van der Waals surface area (Å²) in [4.78, 5) is 2.89. The Labute approximate surface area is 142 Å². The number of aromatic nitrogens is 3. The summed E-state index contributed by atoms with van der Waals surface area (Å²) in [7, 11) is 1.59. The van der Waals surface area contributed by atoms with Crippen LogP contribution in [-0.2, 0) is 0 Å². The normalized spacial score (nSPS) is 11.0. The molecule has 124 valence electrons. The second-order valence-electron chi connectivity index (χ2n) is 5.26. The SMILES string of the molecule is COc1ccc(-c2cc(C(F)F)nn2-c2ccc(=S)[nH]c2)cc1C. The van der Waals surface area contributed by atoms with Crippen molar-refractivity contribution in [3.8, 4) is 22.7 Å². The summed E-state index contributed by atoms with van der Waals surface area (Å²) in [6.45, 7) is 1.90. The highest BCUT2D eigenvalue weighted by Crippen LogP contribution is 2.30. The third kappa shape index (κ3) is 3.07. The van der Waals surface area contributed by atoms with E-state index < -0.39 is 6.43 Å². The first-order valence-electron chi connectivity index (χ1n) is 7.22. The van der Waals surface area contributed by atoms with E-state index in [1.54, 1.807) is 25.4 Å². The summed E-state index contributed by atoms with van der Waals surface area (Å²) >= 11 is 5.02. The first-order chi connectivity index (χ1) is 11.5. The average Bonchev–Trinajstić information content (AvgIpc) is 3.01. The van der Waals surface area contributed by atoms with Crippen LogP contribution in [0.15, 0.2) is 42.6 Å². The van der Waals surface area contributed by atoms with Gasteiger partial charge < -0.3 is 9.72 Å². The molecule has 0 saturated carbocycles. The number of ether oxygens (including phenoxy) is 1. The second-order valence-corrected chi connectivity index (χ2v) is 5.70. The first kappa shape index (κ1) is 16.3. The van der Waals surface area contributed by atoms with Crippen LogP contribution in [0.1, 0.15) is 17.7 Å². The smallest absolute Gasteiger partial charge is 0.282 e. The van der Waals surface area contributed by atoms with Crippen LogP contribution in [0, 0.1) is 11.6 Å². The van der Waals surface area contributed by atoms with Crippen LogP contribution >= 0.6 is 12.2 Å². The summed E-state index contributed by atoms with van der Waals surface area (Å²) in [5.74, 6) is 0.739. The van der Waals surface area contributed by atoms with Gasteiger partial charge in [0, 0.05) is 11.8 Å². The number of H-pyrrole nitrogens is 1. The lowest BCUT2D eigenvalue weighted by Gasteiger charge is -2.10. The van der Waals surface area contributed by atoms with Crippen molar-refractivity contribution in [3.63, 3.8) is 0 Å². The van der Waals surface area contributed by atoms with Crippen LogP contribution in [0.5, 0.6) is 5.75 Å². The highest BCUT2D eigenvalue weighted by molar-refractivity contribution is 7.71. The molecule has 3 aromatic rings. The highest BCUT2D eigenvalue weighted by atomic mass is 32.1. The van der Waals surface area contributed by atoms with Gasteiger partial charge in [-0.1, -0.05) is 12.2 Å². The van der Waals surface area contributed by atoms with Crippen molar-refractivity contribution in [2.45, 2.75) is 13.3 Å². The van der Waals surface area contributed by atoms with Crippen LogP contribution in [-0.4, -0.2) is 21.9 Å². The summed E-state index contributed by atoms with van der Waals surface area (Å²) < 4.78 is 33.6.